The fourth-order valence-corrected chi connectivity index (χ4v) is 6.05. The van der Waals surface area contributed by atoms with E-state index in [0.717, 1.165) is 12.8 Å². The number of aryl methyl sites for hydroxylation is 3. The van der Waals surface area contributed by atoms with Gasteiger partial charge in [-0.15, -0.1) is 0 Å². The Morgan fingerprint density at radius 1 is 0.697 bits per heavy atom. The molecule has 2 aliphatic rings. The predicted molar refractivity (Wildman–Crippen MR) is 132 cm³/mol. The van der Waals surface area contributed by atoms with E-state index in [0.29, 0.717) is 11.1 Å². The largest absolute Gasteiger partial charge is 0.293 e. The van der Waals surface area contributed by atoms with Crippen LogP contribution < -0.4 is 0 Å². The van der Waals surface area contributed by atoms with Crippen LogP contribution in [0.4, 0.5) is 0 Å². The summed E-state index contributed by atoms with van der Waals surface area (Å²) in [5, 5.41) is 2.41. The fourth-order valence-electron chi connectivity index (χ4n) is 6.05. The lowest BCUT2D eigenvalue weighted by molar-refractivity contribution is 0.0799. The maximum absolute atomic E-state index is 13.6. The van der Waals surface area contributed by atoms with Gasteiger partial charge in [-0.05, 0) is 71.2 Å². The molecule has 0 unspecified atom stereocenters. The molecule has 0 bridgehead atoms. The topological polar surface area (TPSA) is 34.1 Å². The van der Waals surface area contributed by atoms with Crippen LogP contribution in [0, 0.1) is 19.8 Å². The Morgan fingerprint density at radius 3 is 2.06 bits per heavy atom. The maximum atomic E-state index is 13.6. The molecule has 33 heavy (non-hydrogen) atoms. The van der Waals surface area contributed by atoms with Crippen molar-refractivity contribution in [3.8, 4) is 0 Å². The first-order valence-electron chi connectivity index (χ1n) is 11.8. The number of rotatable bonds is 2. The van der Waals surface area contributed by atoms with Gasteiger partial charge in [0.05, 0.1) is 5.92 Å². The van der Waals surface area contributed by atoms with Crippen molar-refractivity contribution in [2.75, 3.05) is 0 Å². The minimum Gasteiger partial charge on any atom is -0.293 e. The van der Waals surface area contributed by atoms with Gasteiger partial charge in [-0.25, -0.2) is 0 Å². The first kappa shape index (κ1) is 20.1. The molecule has 0 aromatic heterocycles. The van der Waals surface area contributed by atoms with E-state index in [1.807, 2.05) is 24.3 Å². The summed E-state index contributed by atoms with van der Waals surface area (Å²) in [6, 6.07) is 26.9. The number of Topliss-reactive ketones (excluding diaryl/α,β-unsaturated/α-hetero) is 2. The SMILES string of the molecule is Cc1cc2c(cc1C)[C@H](C1C(=O)c3ccccc3C1=O)[C@@H](c1ccc3ccccc3c1)CC2. The Balaban J connectivity index is 1.54. The molecule has 0 heterocycles. The average Bonchev–Trinajstić information content (AvgIpc) is 3.09. The molecule has 162 valence electrons. The third-order valence-corrected chi connectivity index (χ3v) is 7.86. The molecule has 0 spiro atoms. The van der Waals surface area contributed by atoms with Gasteiger partial charge in [0, 0.05) is 17.0 Å². The molecule has 2 aliphatic carbocycles. The molecule has 0 amide bonds. The number of carbonyl (C=O) groups excluding carboxylic acids is 2. The monoisotopic (exact) mass is 430 g/mol. The molecule has 2 nitrogen and oxygen atoms in total. The molecule has 0 aliphatic heterocycles. The van der Waals surface area contributed by atoms with E-state index in [-0.39, 0.29) is 23.4 Å². The van der Waals surface area contributed by atoms with Crippen molar-refractivity contribution in [3.05, 3.63) is 118 Å². The first-order valence-corrected chi connectivity index (χ1v) is 11.8. The number of hydrogen-bond donors (Lipinski definition) is 0. The van der Waals surface area contributed by atoms with Crippen LogP contribution in [0.5, 0.6) is 0 Å². The third-order valence-electron chi connectivity index (χ3n) is 7.86. The molecule has 2 heteroatoms. The van der Waals surface area contributed by atoms with E-state index >= 15 is 0 Å². The summed E-state index contributed by atoms with van der Waals surface area (Å²) >= 11 is 0. The van der Waals surface area contributed by atoms with Crippen LogP contribution in [0.3, 0.4) is 0 Å². The minimum absolute atomic E-state index is 0.0162. The Hall–Kier alpha value is -3.52. The summed E-state index contributed by atoms with van der Waals surface area (Å²) in [7, 11) is 0. The van der Waals surface area contributed by atoms with Crippen LogP contribution in [-0.4, -0.2) is 11.6 Å². The molecule has 4 aromatic carbocycles. The van der Waals surface area contributed by atoms with E-state index in [9.17, 15) is 9.59 Å². The van der Waals surface area contributed by atoms with E-state index in [1.54, 1.807) is 0 Å². The van der Waals surface area contributed by atoms with Crippen molar-refractivity contribution in [3.63, 3.8) is 0 Å². The molecule has 4 aromatic rings. The predicted octanol–water partition coefficient (Wildman–Crippen LogP) is 6.97. The molecule has 0 radical (unpaired) electrons. The lowest BCUT2D eigenvalue weighted by atomic mass is 9.65. The van der Waals surface area contributed by atoms with Crippen LogP contribution in [0.2, 0.25) is 0 Å². The maximum Gasteiger partial charge on any atom is 0.175 e. The molecular formula is C31H26O2. The number of fused-ring (bicyclic) bond motifs is 3. The van der Waals surface area contributed by atoms with Crippen LogP contribution in [0.15, 0.2) is 78.9 Å². The smallest absolute Gasteiger partial charge is 0.175 e. The number of carbonyl (C=O) groups is 2. The van der Waals surface area contributed by atoms with Crippen molar-refractivity contribution in [1.29, 1.82) is 0 Å². The van der Waals surface area contributed by atoms with E-state index in [4.69, 9.17) is 0 Å². The van der Waals surface area contributed by atoms with Crippen LogP contribution >= 0.6 is 0 Å². The second kappa shape index (κ2) is 7.52. The standard InChI is InChI=1S/C31H26O2/c1-18-15-22-13-14-24(23-12-11-20-7-3-4-8-21(20)17-23)28(27(22)16-19(18)2)29-30(32)25-9-5-6-10-26(25)31(29)33/h3-12,15-17,24,28-29H,13-14H2,1-2H3/t24-,28-/m1/s1. The van der Waals surface area contributed by atoms with Crippen LogP contribution in [0.1, 0.15) is 66.8 Å². The highest BCUT2D eigenvalue weighted by Crippen LogP contribution is 2.50. The highest BCUT2D eigenvalue weighted by molar-refractivity contribution is 6.27. The van der Waals surface area contributed by atoms with Crippen LogP contribution in [-0.2, 0) is 6.42 Å². The molecule has 2 atom stereocenters. The van der Waals surface area contributed by atoms with Gasteiger partial charge in [-0.3, -0.25) is 9.59 Å². The van der Waals surface area contributed by atoms with E-state index < -0.39 is 5.92 Å². The summed E-state index contributed by atoms with van der Waals surface area (Å²) in [6.07, 6.45) is 1.90. The van der Waals surface area contributed by atoms with Gasteiger partial charge < -0.3 is 0 Å². The summed E-state index contributed by atoms with van der Waals surface area (Å²) < 4.78 is 0. The summed E-state index contributed by atoms with van der Waals surface area (Å²) in [4.78, 5) is 27.3. The zero-order valence-electron chi connectivity index (χ0n) is 19.0. The van der Waals surface area contributed by atoms with Crippen molar-refractivity contribution < 1.29 is 9.59 Å². The lowest BCUT2D eigenvalue weighted by Gasteiger charge is -2.37. The Bertz CT molecular complexity index is 1410. The molecule has 6 rings (SSSR count). The van der Waals surface area contributed by atoms with E-state index in [2.05, 4.69) is 68.4 Å². The Labute approximate surface area is 194 Å². The van der Waals surface area contributed by atoms with Gasteiger partial charge in [-0.1, -0.05) is 78.9 Å². The highest BCUT2D eigenvalue weighted by atomic mass is 16.2. The molecule has 0 saturated carbocycles. The summed E-state index contributed by atoms with van der Waals surface area (Å²) in [6.45, 7) is 4.26. The number of benzene rings is 4. The van der Waals surface area contributed by atoms with Gasteiger partial charge in [0.1, 0.15) is 0 Å². The highest BCUT2D eigenvalue weighted by Gasteiger charge is 2.48. The summed E-state index contributed by atoms with van der Waals surface area (Å²) in [5.41, 5.74) is 7.34. The van der Waals surface area contributed by atoms with E-state index in [1.165, 1.54) is 38.6 Å². The van der Waals surface area contributed by atoms with Crippen molar-refractivity contribution in [1.82, 2.24) is 0 Å². The Morgan fingerprint density at radius 2 is 1.33 bits per heavy atom. The second-order valence-corrected chi connectivity index (χ2v) is 9.66. The fraction of sp³-hybridized carbons (Fsp3) is 0.226. The van der Waals surface area contributed by atoms with Gasteiger partial charge in [-0.2, -0.15) is 0 Å². The normalized spacial score (nSPS) is 20.2. The van der Waals surface area contributed by atoms with Gasteiger partial charge >= 0.3 is 0 Å². The van der Waals surface area contributed by atoms with Gasteiger partial charge in [0.2, 0.25) is 0 Å². The van der Waals surface area contributed by atoms with Crippen molar-refractivity contribution >= 4 is 22.3 Å². The van der Waals surface area contributed by atoms with Gasteiger partial charge in [0.15, 0.2) is 11.6 Å². The summed E-state index contributed by atoms with van der Waals surface area (Å²) in [5.74, 6) is -0.715. The van der Waals surface area contributed by atoms with Crippen molar-refractivity contribution in [2.24, 2.45) is 5.92 Å². The molecular weight excluding hydrogens is 404 g/mol. The zero-order chi connectivity index (χ0) is 22.7. The zero-order valence-corrected chi connectivity index (χ0v) is 19.0. The molecule has 0 saturated heterocycles. The lowest BCUT2D eigenvalue weighted by Crippen LogP contribution is -2.32. The molecule has 0 N–H and O–H groups in total. The minimum atomic E-state index is -0.653. The second-order valence-electron chi connectivity index (χ2n) is 9.66. The molecule has 0 fully saturated rings. The van der Waals surface area contributed by atoms with Crippen molar-refractivity contribution in [2.45, 2.75) is 38.5 Å². The average molecular weight is 431 g/mol. The first-order chi connectivity index (χ1) is 16.0. The quantitative estimate of drug-likeness (QED) is 0.322. The number of hydrogen-bond acceptors (Lipinski definition) is 2. The third kappa shape index (κ3) is 3.08. The van der Waals surface area contributed by atoms with Crippen LogP contribution in [0.25, 0.3) is 10.8 Å². The Kier molecular flexibility index (Phi) is 4.58. The number of ketones is 2. The van der Waals surface area contributed by atoms with Gasteiger partial charge in [0.25, 0.3) is 0 Å².